The highest BCUT2D eigenvalue weighted by Gasteiger charge is 2.16. The summed E-state index contributed by atoms with van der Waals surface area (Å²) >= 11 is 0. The first kappa shape index (κ1) is 17.5. The molecular weight excluding hydrogens is 343 g/mol. The van der Waals surface area contributed by atoms with Gasteiger partial charge in [0.1, 0.15) is 0 Å². The highest BCUT2D eigenvalue weighted by molar-refractivity contribution is 14.0. The normalized spacial score (nSPS) is 16.3. The lowest BCUT2D eigenvalue weighted by Gasteiger charge is -2.17. The van der Waals surface area contributed by atoms with Gasteiger partial charge in [0.25, 0.3) is 0 Å². The van der Waals surface area contributed by atoms with Crippen LogP contribution in [0.2, 0.25) is 0 Å². The van der Waals surface area contributed by atoms with Crippen LogP contribution >= 0.6 is 24.0 Å². The summed E-state index contributed by atoms with van der Waals surface area (Å²) in [4.78, 5) is 15.6. The molecule has 1 amide bonds. The van der Waals surface area contributed by atoms with E-state index in [4.69, 9.17) is 0 Å². The molecule has 0 unspecified atom stereocenters. The van der Waals surface area contributed by atoms with Gasteiger partial charge in [-0.1, -0.05) is 12.8 Å². The van der Waals surface area contributed by atoms with Gasteiger partial charge >= 0.3 is 0 Å². The summed E-state index contributed by atoms with van der Waals surface area (Å²) in [6.45, 7) is 4.16. The van der Waals surface area contributed by atoms with Crippen LogP contribution in [-0.2, 0) is 4.79 Å². The minimum absolute atomic E-state index is 0. The Morgan fingerprint density at radius 2 is 1.94 bits per heavy atom. The van der Waals surface area contributed by atoms with E-state index in [1.807, 2.05) is 13.8 Å². The van der Waals surface area contributed by atoms with Gasteiger partial charge in [0.15, 0.2) is 5.96 Å². The molecule has 106 valence electrons. The summed E-state index contributed by atoms with van der Waals surface area (Å²) in [5.41, 5.74) is 0. The van der Waals surface area contributed by atoms with E-state index < -0.39 is 0 Å². The summed E-state index contributed by atoms with van der Waals surface area (Å²) in [5, 5.41) is 9.19. The van der Waals surface area contributed by atoms with E-state index in [1.54, 1.807) is 7.05 Å². The number of halogens is 1. The molecule has 0 saturated heterocycles. The largest absolute Gasteiger partial charge is 0.354 e. The van der Waals surface area contributed by atoms with Crippen LogP contribution in [0.15, 0.2) is 4.99 Å². The van der Waals surface area contributed by atoms with Crippen molar-refractivity contribution in [2.24, 2.45) is 4.99 Å². The summed E-state index contributed by atoms with van der Waals surface area (Å²) < 4.78 is 0. The molecule has 0 bridgehead atoms. The van der Waals surface area contributed by atoms with E-state index in [0.29, 0.717) is 6.04 Å². The number of nitrogens with one attached hydrogen (secondary N) is 3. The van der Waals surface area contributed by atoms with Crippen molar-refractivity contribution in [1.29, 1.82) is 0 Å². The predicted octanol–water partition coefficient (Wildman–Crippen LogP) is 1.24. The zero-order valence-electron chi connectivity index (χ0n) is 11.5. The van der Waals surface area contributed by atoms with Crippen molar-refractivity contribution < 1.29 is 4.79 Å². The lowest BCUT2D eigenvalue weighted by atomic mass is 10.2. The Bertz CT molecular complexity index is 275. The molecule has 6 heteroatoms. The molecule has 18 heavy (non-hydrogen) atoms. The standard InChI is InChI=1S/C12H24N4O.HI/c1-9(2)15-11(17)8-14-12(13-3)16-10-6-4-5-7-10;/h9-10H,4-8H2,1-3H3,(H,15,17)(H2,13,14,16);1H. The molecule has 0 heterocycles. The van der Waals surface area contributed by atoms with Gasteiger partial charge in [0.05, 0.1) is 6.54 Å². The molecule has 0 radical (unpaired) electrons. The van der Waals surface area contributed by atoms with Crippen molar-refractivity contribution >= 4 is 35.8 Å². The molecule has 5 nitrogen and oxygen atoms in total. The zero-order valence-corrected chi connectivity index (χ0v) is 13.8. The average molecular weight is 368 g/mol. The Balaban J connectivity index is 0.00000289. The first-order chi connectivity index (χ1) is 8.11. The third-order valence-corrected chi connectivity index (χ3v) is 2.79. The summed E-state index contributed by atoms with van der Waals surface area (Å²) in [7, 11) is 1.73. The molecule has 0 aromatic heterocycles. The number of hydrogen-bond donors (Lipinski definition) is 3. The van der Waals surface area contributed by atoms with E-state index in [0.717, 1.165) is 5.96 Å². The van der Waals surface area contributed by atoms with Crippen molar-refractivity contribution in [3.8, 4) is 0 Å². The SMILES string of the molecule is CN=C(NCC(=O)NC(C)C)NC1CCCC1.I. The quantitative estimate of drug-likeness (QED) is 0.397. The number of nitrogens with zero attached hydrogens (tertiary/aromatic N) is 1. The molecule has 0 aromatic rings. The first-order valence-corrected chi connectivity index (χ1v) is 6.38. The Morgan fingerprint density at radius 3 is 2.44 bits per heavy atom. The smallest absolute Gasteiger partial charge is 0.239 e. The number of aliphatic imine (C=N–C) groups is 1. The van der Waals surface area contributed by atoms with E-state index in [-0.39, 0.29) is 42.5 Å². The summed E-state index contributed by atoms with van der Waals surface area (Å²) in [6, 6.07) is 0.684. The molecule has 1 rings (SSSR count). The first-order valence-electron chi connectivity index (χ1n) is 6.38. The second kappa shape index (κ2) is 9.41. The number of carbonyl (C=O) groups excluding carboxylic acids is 1. The topological polar surface area (TPSA) is 65.5 Å². The van der Waals surface area contributed by atoms with E-state index in [9.17, 15) is 4.79 Å². The molecule has 3 N–H and O–H groups in total. The fraction of sp³-hybridized carbons (Fsp3) is 0.833. The van der Waals surface area contributed by atoms with Gasteiger partial charge in [-0.15, -0.1) is 24.0 Å². The fourth-order valence-electron chi connectivity index (χ4n) is 2.00. The third kappa shape index (κ3) is 7.03. The average Bonchev–Trinajstić information content (AvgIpc) is 2.75. The van der Waals surface area contributed by atoms with Crippen LogP contribution in [0.1, 0.15) is 39.5 Å². The van der Waals surface area contributed by atoms with Crippen molar-refractivity contribution in [1.82, 2.24) is 16.0 Å². The second-order valence-electron chi connectivity index (χ2n) is 4.77. The number of guanidine groups is 1. The maximum absolute atomic E-state index is 11.5. The van der Waals surface area contributed by atoms with Crippen LogP contribution in [0.5, 0.6) is 0 Å². The Kier molecular flexibility index (Phi) is 9.13. The Labute approximate surface area is 127 Å². The molecule has 0 aromatic carbocycles. The molecule has 0 atom stereocenters. The van der Waals surface area contributed by atoms with Crippen LogP contribution < -0.4 is 16.0 Å². The number of amides is 1. The van der Waals surface area contributed by atoms with E-state index >= 15 is 0 Å². The third-order valence-electron chi connectivity index (χ3n) is 2.79. The van der Waals surface area contributed by atoms with Gasteiger partial charge in [-0.3, -0.25) is 9.79 Å². The molecule has 0 spiro atoms. The molecular formula is C12H25IN4O. The Morgan fingerprint density at radius 1 is 1.33 bits per heavy atom. The van der Waals surface area contributed by atoms with Crippen LogP contribution in [-0.4, -0.2) is 37.5 Å². The van der Waals surface area contributed by atoms with Crippen molar-refractivity contribution in [3.05, 3.63) is 0 Å². The van der Waals surface area contributed by atoms with Gasteiger partial charge < -0.3 is 16.0 Å². The number of rotatable bonds is 4. The highest BCUT2D eigenvalue weighted by Crippen LogP contribution is 2.17. The van der Waals surface area contributed by atoms with Crippen molar-refractivity contribution in [3.63, 3.8) is 0 Å². The van der Waals surface area contributed by atoms with Gasteiger partial charge in [-0.2, -0.15) is 0 Å². The maximum Gasteiger partial charge on any atom is 0.239 e. The lowest BCUT2D eigenvalue weighted by Crippen LogP contribution is -2.47. The van der Waals surface area contributed by atoms with Gasteiger partial charge in [-0.05, 0) is 26.7 Å². The molecule has 1 aliphatic rings. The van der Waals surface area contributed by atoms with Gasteiger partial charge in [0, 0.05) is 19.1 Å². The fourth-order valence-corrected chi connectivity index (χ4v) is 2.00. The van der Waals surface area contributed by atoms with E-state index in [1.165, 1.54) is 25.7 Å². The second-order valence-corrected chi connectivity index (χ2v) is 4.77. The molecule has 1 fully saturated rings. The van der Waals surface area contributed by atoms with E-state index in [2.05, 4.69) is 20.9 Å². The van der Waals surface area contributed by atoms with Crippen molar-refractivity contribution in [2.75, 3.05) is 13.6 Å². The van der Waals surface area contributed by atoms with Crippen LogP contribution in [0.4, 0.5) is 0 Å². The predicted molar refractivity (Wildman–Crippen MR) is 85.4 cm³/mol. The van der Waals surface area contributed by atoms with Gasteiger partial charge in [0.2, 0.25) is 5.91 Å². The molecule has 1 aliphatic carbocycles. The summed E-state index contributed by atoms with van der Waals surface area (Å²) in [5.74, 6) is 0.713. The lowest BCUT2D eigenvalue weighted by molar-refractivity contribution is -0.120. The van der Waals surface area contributed by atoms with Crippen LogP contribution in [0, 0.1) is 0 Å². The van der Waals surface area contributed by atoms with Crippen LogP contribution in [0.25, 0.3) is 0 Å². The highest BCUT2D eigenvalue weighted by atomic mass is 127. The number of hydrogen-bond acceptors (Lipinski definition) is 2. The zero-order chi connectivity index (χ0) is 12.7. The van der Waals surface area contributed by atoms with Crippen LogP contribution in [0.3, 0.4) is 0 Å². The van der Waals surface area contributed by atoms with Gasteiger partial charge in [-0.25, -0.2) is 0 Å². The minimum Gasteiger partial charge on any atom is -0.354 e. The minimum atomic E-state index is -0.00521. The monoisotopic (exact) mass is 368 g/mol. The molecule has 0 aliphatic heterocycles. The maximum atomic E-state index is 11.5. The Hall–Kier alpha value is -0.530. The molecule has 1 saturated carbocycles. The number of carbonyl (C=O) groups is 1. The van der Waals surface area contributed by atoms with Crippen molar-refractivity contribution in [2.45, 2.75) is 51.6 Å². The summed E-state index contributed by atoms with van der Waals surface area (Å²) in [6.07, 6.45) is 4.95.